The van der Waals surface area contributed by atoms with Crippen LogP contribution in [0.25, 0.3) is 0 Å². The van der Waals surface area contributed by atoms with E-state index in [1.807, 2.05) is 13.8 Å². The van der Waals surface area contributed by atoms with Gasteiger partial charge in [-0.15, -0.1) is 0 Å². The summed E-state index contributed by atoms with van der Waals surface area (Å²) >= 11 is 0. The van der Waals surface area contributed by atoms with Crippen LogP contribution in [0.4, 0.5) is 11.4 Å². The fourth-order valence-corrected chi connectivity index (χ4v) is 5.65. The van der Waals surface area contributed by atoms with E-state index in [1.54, 1.807) is 24.3 Å². The molecule has 0 amide bonds. The van der Waals surface area contributed by atoms with Crippen molar-refractivity contribution in [1.29, 1.82) is 0 Å². The summed E-state index contributed by atoms with van der Waals surface area (Å²) in [6.07, 6.45) is 0.561. The minimum atomic E-state index is -3.80. The summed E-state index contributed by atoms with van der Waals surface area (Å²) in [4.78, 5) is 0.152. The Labute approximate surface area is 160 Å². The van der Waals surface area contributed by atoms with Gasteiger partial charge >= 0.3 is 0 Å². The van der Waals surface area contributed by atoms with Crippen LogP contribution in [0.2, 0.25) is 0 Å². The highest BCUT2D eigenvalue weighted by Gasteiger charge is 2.29. The molecule has 1 saturated heterocycles. The summed E-state index contributed by atoms with van der Waals surface area (Å²) < 4.78 is 58.7. The second-order valence-electron chi connectivity index (χ2n) is 6.48. The maximum atomic E-state index is 12.7. The van der Waals surface area contributed by atoms with Crippen LogP contribution < -0.4 is 13.8 Å². The van der Waals surface area contributed by atoms with E-state index in [0.717, 1.165) is 11.1 Å². The van der Waals surface area contributed by atoms with Crippen LogP contribution in [-0.2, 0) is 20.0 Å². The number of benzene rings is 2. The van der Waals surface area contributed by atoms with Gasteiger partial charge in [0.1, 0.15) is 5.75 Å². The van der Waals surface area contributed by atoms with Crippen molar-refractivity contribution in [2.24, 2.45) is 0 Å². The molecule has 1 fully saturated rings. The summed E-state index contributed by atoms with van der Waals surface area (Å²) in [6, 6.07) is 9.52. The summed E-state index contributed by atoms with van der Waals surface area (Å²) in [5.41, 5.74) is 2.58. The van der Waals surface area contributed by atoms with Crippen molar-refractivity contribution in [3.63, 3.8) is 0 Å². The zero-order valence-corrected chi connectivity index (χ0v) is 17.0. The second kappa shape index (κ2) is 7.05. The predicted molar refractivity (Wildman–Crippen MR) is 105 cm³/mol. The van der Waals surface area contributed by atoms with Crippen LogP contribution in [0, 0.1) is 13.8 Å². The van der Waals surface area contributed by atoms with E-state index < -0.39 is 20.0 Å². The lowest BCUT2D eigenvalue weighted by molar-refractivity contribution is 0.417. The average Bonchev–Trinajstić information content (AvgIpc) is 2.96. The van der Waals surface area contributed by atoms with Crippen molar-refractivity contribution in [2.75, 3.05) is 28.4 Å². The monoisotopic (exact) mass is 410 g/mol. The van der Waals surface area contributed by atoms with E-state index in [1.165, 1.54) is 23.5 Å². The van der Waals surface area contributed by atoms with Gasteiger partial charge in [0.15, 0.2) is 0 Å². The van der Waals surface area contributed by atoms with Crippen molar-refractivity contribution >= 4 is 31.4 Å². The molecule has 3 rings (SSSR count). The van der Waals surface area contributed by atoms with Crippen molar-refractivity contribution in [1.82, 2.24) is 0 Å². The van der Waals surface area contributed by atoms with E-state index in [2.05, 4.69) is 4.72 Å². The fraction of sp³-hybridized carbons (Fsp3) is 0.333. The fourth-order valence-electron chi connectivity index (χ4n) is 2.93. The van der Waals surface area contributed by atoms with E-state index in [0.29, 0.717) is 18.7 Å². The van der Waals surface area contributed by atoms with Gasteiger partial charge in [-0.05, 0) is 55.7 Å². The number of hydrogen-bond donors (Lipinski definition) is 1. The van der Waals surface area contributed by atoms with E-state index in [4.69, 9.17) is 4.74 Å². The highest BCUT2D eigenvalue weighted by molar-refractivity contribution is 7.93. The quantitative estimate of drug-likeness (QED) is 0.818. The molecule has 2 aromatic rings. The van der Waals surface area contributed by atoms with Gasteiger partial charge in [0, 0.05) is 12.6 Å². The molecule has 1 N–H and O–H groups in total. The highest BCUT2D eigenvalue weighted by Crippen LogP contribution is 2.34. The Morgan fingerprint density at radius 3 is 2.41 bits per heavy atom. The van der Waals surface area contributed by atoms with E-state index in [9.17, 15) is 16.8 Å². The standard InChI is InChI=1S/C18H22N2O5S2/c1-13-5-7-16(11-14(13)2)27(23,24)19-17-8-6-15(12-18(17)25-3)20-9-4-10-26(20,21)22/h5-8,11-12,19H,4,9-10H2,1-3H3. The van der Waals surface area contributed by atoms with Gasteiger partial charge in [-0.3, -0.25) is 9.03 Å². The third kappa shape index (κ3) is 3.89. The molecular weight excluding hydrogens is 388 g/mol. The van der Waals surface area contributed by atoms with Crippen LogP contribution in [-0.4, -0.2) is 36.2 Å². The maximum absolute atomic E-state index is 12.7. The molecular formula is C18H22N2O5S2. The number of anilines is 2. The predicted octanol–water partition coefficient (Wildman–Crippen LogP) is 2.65. The summed E-state index contributed by atoms with van der Waals surface area (Å²) in [5, 5.41) is 0. The molecule has 0 saturated carbocycles. The lowest BCUT2D eigenvalue weighted by Crippen LogP contribution is -2.25. The SMILES string of the molecule is COc1cc(N2CCCS2(=O)=O)ccc1NS(=O)(=O)c1ccc(C)c(C)c1. The van der Waals surface area contributed by atoms with Gasteiger partial charge in [0.2, 0.25) is 10.0 Å². The molecule has 0 unspecified atom stereocenters. The normalized spacial score (nSPS) is 16.3. The Morgan fingerprint density at radius 2 is 1.81 bits per heavy atom. The van der Waals surface area contributed by atoms with Crippen molar-refractivity contribution in [3.05, 3.63) is 47.5 Å². The van der Waals surface area contributed by atoms with Gasteiger partial charge < -0.3 is 4.74 Å². The highest BCUT2D eigenvalue weighted by atomic mass is 32.2. The first-order valence-electron chi connectivity index (χ1n) is 8.42. The number of nitrogens with zero attached hydrogens (tertiary/aromatic N) is 1. The maximum Gasteiger partial charge on any atom is 0.262 e. The molecule has 27 heavy (non-hydrogen) atoms. The van der Waals surface area contributed by atoms with Crippen molar-refractivity contribution in [2.45, 2.75) is 25.2 Å². The third-order valence-electron chi connectivity index (χ3n) is 4.61. The molecule has 1 heterocycles. The lowest BCUT2D eigenvalue weighted by atomic mass is 10.1. The first-order chi connectivity index (χ1) is 12.6. The van der Waals surface area contributed by atoms with Gasteiger partial charge in [-0.25, -0.2) is 16.8 Å². The van der Waals surface area contributed by atoms with E-state index in [-0.39, 0.29) is 22.1 Å². The van der Waals surface area contributed by atoms with Crippen LogP contribution in [0.1, 0.15) is 17.5 Å². The Balaban J connectivity index is 1.94. The Morgan fingerprint density at radius 1 is 1.07 bits per heavy atom. The molecule has 0 bridgehead atoms. The Kier molecular flexibility index (Phi) is 5.09. The van der Waals surface area contributed by atoms with Crippen LogP contribution in [0.15, 0.2) is 41.3 Å². The van der Waals surface area contributed by atoms with E-state index >= 15 is 0 Å². The molecule has 0 aromatic heterocycles. The van der Waals surface area contributed by atoms with Gasteiger partial charge in [0.25, 0.3) is 10.0 Å². The molecule has 0 aliphatic carbocycles. The number of ether oxygens (including phenoxy) is 1. The molecule has 1 aliphatic heterocycles. The van der Waals surface area contributed by atoms with Crippen molar-refractivity contribution in [3.8, 4) is 5.75 Å². The molecule has 9 heteroatoms. The lowest BCUT2D eigenvalue weighted by Gasteiger charge is -2.19. The molecule has 0 atom stereocenters. The number of nitrogens with one attached hydrogen (secondary N) is 1. The third-order valence-corrected chi connectivity index (χ3v) is 7.84. The zero-order valence-electron chi connectivity index (χ0n) is 15.4. The Hall–Kier alpha value is -2.26. The van der Waals surface area contributed by atoms with Gasteiger partial charge in [-0.2, -0.15) is 0 Å². The van der Waals surface area contributed by atoms with Crippen LogP contribution >= 0.6 is 0 Å². The van der Waals surface area contributed by atoms with Gasteiger partial charge in [0.05, 0.1) is 29.1 Å². The first kappa shape index (κ1) is 19.5. The topological polar surface area (TPSA) is 92.8 Å². The number of rotatable bonds is 5. The summed E-state index contributed by atoms with van der Waals surface area (Å²) in [6.45, 7) is 4.16. The number of methoxy groups -OCH3 is 1. The minimum absolute atomic E-state index is 0.108. The summed E-state index contributed by atoms with van der Waals surface area (Å²) in [7, 11) is -5.72. The number of aryl methyl sites for hydroxylation is 2. The minimum Gasteiger partial charge on any atom is -0.494 e. The average molecular weight is 411 g/mol. The van der Waals surface area contributed by atoms with Crippen molar-refractivity contribution < 1.29 is 21.6 Å². The summed E-state index contributed by atoms with van der Waals surface area (Å²) in [5.74, 6) is 0.359. The molecule has 1 aliphatic rings. The Bertz CT molecular complexity index is 1080. The molecule has 0 radical (unpaired) electrons. The van der Waals surface area contributed by atoms with Crippen LogP contribution in [0.3, 0.4) is 0 Å². The van der Waals surface area contributed by atoms with Gasteiger partial charge in [-0.1, -0.05) is 6.07 Å². The first-order valence-corrected chi connectivity index (χ1v) is 11.5. The molecule has 0 spiro atoms. The smallest absolute Gasteiger partial charge is 0.262 e. The number of sulfonamides is 2. The second-order valence-corrected chi connectivity index (χ2v) is 10.2. The van der Waals surface area contributed by atoms with Crippen LogP contribution in [0.5, 0.6) is 5.75 Å². The zero-order chi connectivity index (χ0) is 19.8. The molecule has 7 nitrogen and oxygen atoms in total. The molecule has 2 aromatic carbocycles. The largest absolute Gasteiger partial charge is 0.494 e. The molecule has 146 valence electrons. The number of hydrogen-bond acceptors (Lipinski definition) is 5.